The van der Waals surface area contributed by atoms with E-state index in [1.54, 1.807) is 0 Å². The first kappa shape index (κ1) is 14.0. The lowest BCUT2D eigenvalue weighted by molar-refractivity contribution is 0.306. The predicted molar refractivity (Wildman–Crippen MR) is 72.5 cm³/mol. The minimum absolute atomic E-state index is 0.802. The van der Waals surface area contributed by atoms with Crippen molar-refractivity contribution in [3.63, 3.8) is 0 Å². The van der Waals surface area contributed by atoms with Crippen molar-refractivity contribution in [3.05, 3.63) is 29.8 Å². The Morgan fingerprint density at radius 2 is 1.88 bits per heavy atom. The SMILES string of the molecule is CCNCCCCOc1ccc(CNC)cc1. The molecule has 3 heteroatoms. The number of benzene rings is 1. The van der Waals surface area contributed by atoms with Crippen molar-refractivity contribution in [1.29, 1.82) is 0 Å². The summed E-state index contributed by atoms with van der Waals surface area (Å²) in [7, 11) is 1.95. The Morgan fingerprint density at radius 3 is 2.53 bits per heavy atom. The molecule has 0 unspecified atom stereocenters. The second-order valence-corrected chi connectivity index (χ2v) is 4.08. The van der Waals surface area contributed by atoms with Gasteiger partial charge in [-0.1, -0.05) is 19.1 Å². The Balaban J connectivity index is 2.14. The van der Waals surface area contributed by atoms with E-state index in [9.17, 15) is 0 Å². The van der Waals surface area contributed by atoms with Crippen LogP contribution < -0.4 is 15.4 Å². The van der Waals surface area contributed by atoms with Crippen LogP contribution in [0.2, 0.25) is 0 Å². The van der Waals surface area contributed by atoms with Crippen LogP contribution in [0.3, 0.4) is 0 Å². The summed E-state index contributed by atoms with van der Waals surface area (Å²) >= 11 is 0. The molecule has 0 bridgehead atoms. The van der Waals surface area contributed by atoms with Gasteiger partial charge >= 0.3 is 0 Å². The fourth-order valence-electron chi connectivity index (χ4n) is 1.63. The van der Waals surface area contributed by atoms with Crippen LogP contribution in [0.1, 0.15) is 25.3 Å². The van der Waals surface area contributed by atoms with Crippen LogP contribution in [-0.4, -0.2) is 26.7 Å². The molecule has 0 saturated carbocycles. The Kier molecular flexibility index (Phi) is 7.43. The van der Waals surface area contributed by atoms with E-state index in [4.69, 9.17) is 4.74 Å². The molecule has 0 aliphatic rings. The molecule has 0 radical (unpaired) electrons. The highest BCUT2D eigenvalue weighted by Gasteiger charge is 1.95. The maximum Gasteiger partial charge on any atom is 0.119 e. The normalized spacial score (nSPS) is 10.5. The average molecular weight is 236 g/mol. The second-order valence-electron chi connectivity index (χ2n) is 4.08. The van der Waals surface area contributed by atoms with Crippen molar-refractivity contribution < 1.29 is 4.74 Å². The minimum Gasteiger partial charge on any atom is -0.494 e. The molecule has 1 aromatic carbocycles. The summed E-state index contributed by atoms with van der Waals surface area (Å²) in [6, 6.07) is 8.28. The van der Waals surface area contributed by atoms with Crippen LogP contribution in [0.5, 0.6) is 5.75 Å². The molecule has 17 heavy (non-hydrogen) atoms. The van der Waals surface area contributed by atoms with E-state index in [1.165, 1.54) is 12.0 Å². The maximum atomic E-state index is 5.67. The van der Waals surface area contributed by atoms with E-state index < -0.39 is 0 Å². The number of rotatable bonds is 9. The summed E-state index contributed by atoms with van der Waals surface area (Å²) in [5.41, 5.74) is 1.28. The fraction of sp³-hybridized carbons (Fsp3) is 0.571. The van der Waals surface area contributed by atoms with Gasteiger partial charge in [-0.15, -0.1) is 0 Å². The van der Waals surface area contributed by atoms with Crippen molar-refractivity contribution in [2.45, 2.75) is 26.3 Å². The molecule has 0 atom stereocenters. The third-order valence-electron chi connectivity index (χ3n) is 2.57. The molecule has 0 spiro atoms. The van der Waals surface area contributed by atoms with Crippen LogP contribution >= 0.6 is 0 Å². The Labute approximate surface area is 105 Å². The summed E-state index contributed by atoms with van der Waals surface area (Å²) in [5.74, 6) is 0.966. The summed E-state index contributed by atoms with van der Waals surface area (Å²) in [5, 5.41) is 6.43. The van der Waals surface area contributed by atoms with Gasteiger partial charge in [-0.25, -0.2) is 0 Å². The Hall–Kier alpha value is -1.06. The molecule has 0 aromatic heterocycles. The lowest BCUT2D eigenvalue weighted by Crippen LogP contribution is -2.14. The van der Waals surface area contributed by atoms with E-state index in [0.717, 1.165) is 38.4 Å². The molecule has 1 aromatic rings. The quantitative estimate of drug-likeness (QED) is 0.645. The first-order valence-corrected chi connectivity index (χ1v) is 6.44. The van der Waals surface area contributed by atoms with E-state index in [0.29, 0.717) is 0 Å². The number of hydrogen-bond acceptors (Lipinski definition) is 3. The molecule has 0 heterocycles. The highest BCUT2D eigenvalue weighted by Crippen LogP contribution is 2.12. The van der Waals surface area contributed by atoms with Gasteiger partial charge in [0.2, 0.25) is 0 Å². The van der Waals surface area contributed by atoms with Gasteiger partial charge in [-0.05, 0) is 50.7 Å². The first-order chi connectivity index (χ1) is 8.36. The van der Waals surface area contributed by atoms with E-state index in [2.05, 4.69) is 29.7 Å². The van der Waals surface area contributed by atoms with Gasteiger partial charge in [0, 0.05) is 6.54 Å². The monoisotopic (exact) mass is 236 g/mol. The van der Waals surface area contributed by atoms with E-state index in [1.807, 2.05) is 19.2 Å². The fourth-order valence-corrected chi connectivity index (χ4v) is 1.63. The van der Waals surface area contributed by atoms with Gasteiger partial charge in [-0.2, -0.15) is 0 Å². The van der Waals surface area contributed by atoms with Crippen LogP contribution in [0.25, 0.3) is 0 Å². The molecule has 0 saturated heterocycles. The number of unbranched alkanes of at least 4 members (excludes halogenated alkanes) is 1. The molecular weight excluding hydrogens is 212 g/mol. The van der Waals surface area contributed by atoms with Gasteiger partial charge in [0.25, 0.3) is 0 Å². The summed E-state index contributed by atoms with van der Waals surface area (Å²) in [6.07, 6.45) is 2.27. The van der Waals surface area contributed by atoms with Crippen LogP contribution in [-0.2, 0) is 6.54 Å². The lowest BCUT2D eigenvalue weighted by Gasteiger charge is -2.07. The Morgan fingerprint density at radius 1 is 1.12 bits per heavy atom. The lowest BCUT2D eigenvalue weighted by atomic mass is 10.2. The summed E-state index contributed by atoms with van der Waals surface area (Å²) in [4.78, 5) is 0. The van der Waals surface area contributed by atoms with Gasteiger partial charge in [0.15, 0.2) is 0 Å². The molecule has 0 aliphatic heterocycles. The molecule has 2 N–H and O–H groups in total. The second kappa shape index (κ2) is 9.02. The zero-order valence-electron chi connectivity index (χ0n) is 11.0. The van der Waals surface area contributed by atoms with Crippen molar-refractivity contribution in [2.24, 2.45) is 0 Å². The molecule has 96 valence electrons. The van der Waals surface area contributed by atoms with Gasteiger partial charge in [0.05, 0.1) is 6.61 Å². The Bertz CT molecular complexity index is 285. The van der Waals surface area contributed by atoms with Crippen molar-refractivity contribution in [2.75, 3.05) is 26.7 Å². The van der Waals surface area contributed by atoms with Crippen LogP contribution in [0.15, 0.2) is 24.3 Å². The molecular formula is C14H24N2O. The highest BCUT2D eigenvalue weighted by molar-refractivity contribution is 5.27. The van der Waals surface area contributed by atoms with Crippen molar-refractivity contribution >= 4 is 0 Å². The predicted octanol–water partition coefficient (Wildman–Crippen LogP) is 2.17. The average Bonchev–Trinajstić information content (AvgIpc) is 2.36. The number of nitrogens with one attached hydrogen (secondary N) is 2. The van der Waals surface area contributed by atoms with Crippen molar-refractivity contribution in [1.82, 2.24) is 10.6 Å². The smallest absolute Gasteiger partial charge is 0.119 e. The summed E-state index contributed by atoms with van der Waals surface area (Å²) < 4.78 is 5.67. The molecule has 0 aliphatic carbocycles. The van der Waals surface area contributed by atoms with E-state index >= 15 is 0 Å². The number of hydrogen-bond donors (Lipinski definition) is 2. The molecule has 1 rings (SSSR count). The summed E-state index contributed by atoms with van der Waals surface area (Å²) in [6.45, 7) is 5.97. The van der Waals surface area contributed by atoms with Gasteiger partial charge in [0.1, 0.15) is 5.75 Å². The molecule has 3 nitrogen and oxygen atoms in total. The van der Waals surface area contributed by atoms with Crippen molar-refractivity contribution in [3.8, 4) is 5.75 Å². The maximum absolute atomic E-state index is 5.67. The largest absolute Gasteiger partial charge is 0.494 e. The topological polar surface area (TPSA) is 33.3 Å². The minimum atomic E-state index is 0.802. The van der Waals surface area contributed by atoms with Crippen LogP contribution in [0.4, 0.5) is 0 Å². The van der Waals surface area contributed by atoms with Gasteiger partial charge in [-0.3, -0.25) is 0 Å². The van der Waals surface area contributed by atoms with Gasteiger partial charge < -0.3 is 15.4 Å². The zero-order chi connectivity index (χ0) is 12.3. The molecule has 0 amide bonds. The first-order valence-electron chi connectivity index (χ1n) is 6.44. The standard InChI is InChI=1S/C14H24N2O/c1-3-16-10-4-5-11-17-14-8-6-13(7-9-14)12-15-2/h6-9,15-16H,3-5,10-12H2,1-2H3. The third-order valence-corrected chi connectivity index (χ3v) is 2.57. The zero-order valence-corrected chi connectivity index (χ0v) is 11.0. The number of ether oxygens (including phenoxy) is 1. The van der Waals surface area contributed by atoms with E-state index in [-0.39, 0.29) is 0 Å². The van der Waals surface area contributed by atoms with Crippen LogP contribution in [0, 0.1) is 0 Å². The third kappa shape index (κ3) is 6.29. The molecule has 0 fully saturated rings. The highest BCUT2D eigenvalue weighted by atomic mass is 16.5.